The van der Waals surface area contributed by atoms with Crippen LogP contribution in [0.4, 0.5) is 0 Å². The molecule has 0 aromatic heterocycles. The second kappa shape index (κ2) is 6.75. The van der Waals surface area contributed by atoms with Crippen molar-refractivity contribution >= 4 is 0 Å². The van der Waals surface area contributed by atoms with E-state index in [1.807, 2.05) is 6.92 Å². The molecule has 0 radical (unpaired) electrons. The van der Waals surface area contributed by atoms with E-state index in [1.165, 1.54) is 18.2 Å². The molecule has 0 saturated heterocycles. The van der Waals surface area contributed by atoms with Gasteiger partial charge in [0, 0.05) is 38.3 Å². The van der Waals surface area contributed by atoms with E-state index in [1.54, 1.807) is 14.0 Å². The number of ether oxygens (including phenoxy) is 1. The van der Waals surface area contributed by atoms with E-state index in [0.29, 0.717) is 25.1 Å². The number of benzene rings is 1. The van der Waals surface area contributed by atoms with Gasteiger partial charge in [0.2, 0.25) is 0 Å². The van der Waals surface area contributed by atoms with Crippen LogP contribution < -0.4 is 5.32 Å². The van der Waals surface area contributed by atoms with Crippen molar-refractivity contribution < 1.29 is 20.1 Å². The molecule has 2 atom stereocenters. The molecule has 0 bridgehead atoms. The molecule has 0 spiro atoms. The summed E-state index contributed by atoms with van der Waals surface area (Å²) in [6.07, 6.45) is 0.523. The standard InChI is InChI=1S/C14H23NO4/c1-10(12-8-11(16)4-5-13(12)17)15-9-14(2,18)6-7-19-3/h4-5,8,10,15-18H,6-7,9H2,1-3H3. The number of rotatable bonds is 7. The molecule has 1 rings (SSSR count). The first-order valence-electron chi connectivity index (χ1n) is 6.32. The van der Waals surface area contributed by atoms with Crippen LogP contribution in [0.2, 0.25) is 0 Å². The first-order valence-corrected chi connectivity index (χ1v) is 6.32. The summed E-state index contributed by atoms with van der Waals surface area (Å²) in [5.74, 6) is 0.224. The SMILES string of the molecule is COCCC(C)(O)CNC(C)c1cc(O)ccc1O. The summed E-state index contributed by atoms with van der Waals surface area (Å²) in [6.45, 7) is 4.45. The summed E-state index contributed by atoms with van der Waals surface area (Å²) in [4.78, 5) is 0. The maximum absolute atomic E-state index is 10.1. The molecule has 0 aliphatic heterocycles. The summed E-state index contributed by atoms with van der Waals surface area (Å²) < 4.78 is 4.94. The number of phenols is 2. The first kappa shape index (κ1) is 15.8. The van der Waals surface area contributed by atoms with Gasteiger partial charge in [0.05, 0.1) is 5.60 Å². The zero-order valence-corrected chi connectivity index (χ0v) is 11.7. The Morgan fingerprint density at radius 2 is 2.05 bits per heavy atom. The van der Waals surface area contributed by atoms with Gasteiger partial charge in [-0.05, 0) is 32.0 Å². The summed E-state index contributed by atoms with van der Waals surface area (Å²) in [6, 6.07) is 4.21. The lowest BCUT2D eigenvalue weighted by molar-refractivity contribution is 0.0230. The van der Waals surface area contributed by atoms with Crippen LogP contribution in [0.3, 0.4) is 0 Å². The minimum Gasteiger partial charge on any atom is -0.508 e. The Hall–Kier alpha value is -1.30. The minimum atomic E-state index is -0.878. The quantitative estimate of drug-likeness (QED) is 0.564. The number of hydrogen-bond acceptors (Lipinski definition) is 5. The summed E-state index contributed by atoms with van der Waals surface area (Å²) in [5, 5.41) is 32.4. The summed E-state index contributed by atoms with van der Waals surface area (Å²) in [7, 11) is 1.59. The van der Waals surface area contributed by atoms with Crippen molar-refractivity contribution in [1.82, 2.24) is 5.32 Å². The van der Waals surface area contributed by atoms with E-state index >= 15 is 0 Å². The van der Waals surface area contributed by atoms with Crippen LogP contribution >= 0.6 is 0 Å². The second-order valence-electron chi connectivity index (χ2n) is 5.09. The Labute approximate surface area is 113 Å². The fraction of sp³-hybridized carbons (Fsp3) is 0.571. The van der Waals surface area contributed by atoms with Gasteiger partial charge in [-0.2, -0.15) is 0 Å². The number of aliphatic hydroxyl groups is 1. The van der Waals surface area contributed by atoms with Crippen LogP contribution in [0.5, 0.6) is 11.5 Å². The highest BCUT2D eigenvalue weighted by atomic mass is 16.5. The van der Waals surface area contributed by atoms with Crippen molar-refractivity contribution in [3.8, 4) is 11.5 Å². The Balaban J connectivity index is 2.59. The minimum absolute atomic E-state index is 0.104. The number of nitrogens with one attached hydrogen (secondary N) is 1. The maximum atomic E-state index is 10.1. The zero-order chi connectivity index (χ0) is 14.5. The Bertz CT molecular complexity index is 406. The maximum Gasteiger partial charge on any atom is 0.120 e. The molecule has 5 nitrogen and oxygen atoms in total. The highest BCUT2D eigenvalue weighted by Gasteiger charge is 2.21. The molecule has 108 valence electrons. The van der Waals surface area contributed by atoms with Crippen LogP contribution in [-0.4, -0.2) is 41.2 Å². The van der Waals surface area contributed by atoms with Crippen molar-refractivity contribution in [3.63, 3.8) is 0 Å². The number of phenolic OH excluding ortho intramolecular Hbond substituents is 2. The van der Waals surface area contributed by atoms with E-state index in [4.69, 9.17) is 4.74 Å². The van der Waals surface area contributed by atoms with Gasteiger partial charge in [-0.1, -0.05) is 0 Å². The second-order valence-corrected chi connectivity index (χ2v) is 5.09. The van der Waals surface area contributed by atoms with Crippen LogP contribution in [0.25, 0.3) is 0 Å². The number of methoxy groups -OCH3 is 1. The van der Waals surface area contributed by atoms with Crippen molar-refractivity contribution in [2.75, 3.05) is 20.3 Å². The van der Waals surface area contributed by atoms with E-state index < -0.39 is 5.60 Å². The lowest BCUT2D eigenvalue weighted by Crippen LogP contribution is -2.39. The topological polar surface area (TPSA) is 82.0 Å². The van der Waals surface area contributed by atoms with Gasteiger partial charge in [-0.25, -0.2) is 0 Å². The van der Waals surface area contributed by atoms with E-state index in [2.05, 4.69) is 5.32 Å². The molecule has 5 heteroatoms. The predicted molar refractivity (Wildman–Crippen MR) is 73.3 cm³/mol. The van der Waals surface area contributed by atoms with Gasteiger partial charge in [0.25, 0.3) is 0 Å². The molecular weight excluding hydrogens is 246 g/mol. The monoisotopic (exact) mass is 269 g/mol. The third kappa shape index (κ3) is 5.06. The van der Waals surface area contributed by atoms with Gasteiger partial charge in [-0.3, -0.25) is 0 Å². The van der Waals surface area contributed by atoms with Crippen molar-refractivity contribution in [3.05, 3.63) is 23.8 Å². The van der Waals surface area contributed by atoms with Crippen LogP contribution in [0.1, 0.15) is 31.9 Å². The average Bonchev–Trinajstić information content (AvgIpc) is 2.36. The number of aromatic hydroxyl groups is 2. The average molecular weight is 269 g/mol. The lowest BCUT2D eigenvalue weighted by Gasteiger charge is -2.26. The Morgan fingerprint density at radius 1 is 1.37 bits per heavy atom. The molecule has 0 aliphatic carbocycles. The molecule has 19 heavy (non-hydrogen) atoms. The Kier molecular flexibility index (Phi) is 5.60. The normalized spacial score (nSPS) is 16.0. The summed E-state index contributed by atoms with van der Waals surface area (Å²) in [5.41, 5.74) is -0.279. The van der Waals surface area contributed by atoms with Crippen molar-refractivity contribution in [1.29, 1.82) is 0 Å². The van der Waals surface area contributed by atoms with Crippen LogP contribution in [-0.2, 0) is 4.74 Å². The smallest absolute Gasteiger partial charge is 0.120 e. The molecule has 0 fully saturated rings. The summed E-state index contributed by atoms with van der Waals surface area (Å²) >= 11 is 0. The van der Waals surface area contributed by atoms with Crippen LogP contribution in [0, 0.1) is 0 Å². The molecule has 4 N–H and O–H groups in total. The molecular formula is C14H23NO4. The molecule has 1 aromatic carbocycles. The van der Waals surface area contributed by atoms with Gasteiger partial charge < -0.3 is 25.4 Å². The van der Waals surface area contributed by atoms with Gasteiger partial charge in [0.1, 0.15) is 11.5 Å². The van der Waals surface area contributed by atoms with Crippen molar-refractivity contribution in [2.45, 2.75) is 31.9 Å². The highest BCUT2D eigenvalue weighted by molar-refractivity contribution is 5.40. The third-order valence-corrected chi connectivity index (χ3v) is 3.11. The van der Waals surface area contributed by atoms with E-state index in [0.717, 1.165) is 0 Å². The molecule has 0 saturated carbocycles. The molecule has 0 heterocycles. The van der Waals surface area contributed by atoms with Gasteiger partial charge in [0.15, 0.2) is 0 Å². The molecule has 0 amide bonds. The third-order valence-electron chi connectivity index (χ3n) is 3.11. The first-order chi connectivity index (χ1) is 8.85. The van der Waals surface area contributed by atoms with Crippen molar-refractivity contribution in [2.24, 2.45) is 0 Å². The Morgan fingerprint density at radius 3 is 2.68 bits per heavy atom. The van der Waals surface area contributed by atoms with Crippen LogP contribution in [0.15, 0.2) is 18.2 Å². The van der Waals surface area contributed by atoms with Gasteiger partial charge in [-0.15, -0.1) is 0 Å². The van der Waals surface area contributed by atoms with E-state index in [9.17, 15) is 15.3 Å². The van der Waals surface area contributed by atoms with E-state index in [-0.39, 0.29) is 17.5 Å². The molecule has 2 unspecified atom stereocenters. The number of hydrogen-bond donors (Lipinski definition) is 4. The van der Waals surface area contributed by atoms with Gasteiger partial charge >= 0.3 is 0 Å². The fourth-order valence-electron chi connectivity index (χ4n) is 1.78. The zero-order valence-electron chi connectivity index (χ0n) is 11.7. The molecule has 1 aromatic rings. The lowest BCUT2D eigenvalue weighted by atomic mass is 10.0. The highest BCUT2D eigenvalue weighted by Crippen LogP contribution is 2.27. The molecule has 0 aliphatic rings. The predicted octanol–water partition coefficient (Wildman–Crippen LogP) is 1.54. The largest absolute Gasteiger partial charge is 0.508 e. The fourth-order valence-corrected chi connectivity index (χ4v) is 1.78.